The number of hydrogen-bond acceptors (Lipinski definition) is 6. The van der Waals surface area contributed by atoms with Crippen LogP contribution in [0.5, 0.6) is 0 Å². The number of alkyl carbamates (subject to hydrolysis) is 1. The van der Waals surface area contributed by atoms with Crippen LogP contribution in [0.4, 0.5) is 4.79 Å². The number of esters is 1. The van der Waals surface area contributed by atoms with Gasteiger partial charge >= 0.3 is 12.1 Å². The molecule has 3 saturated heterocycles. The molecule has 1 aromatic heterocycles. The van der Waals surface area contributed by atoms with Crippen molar-refractivity contribution in [3.63, 3.8) is 0 Å². The Balaban J connectivity index is 0.00000342. The van der Waals surface area contributed by atoms with E-state index < -0.39 is 23.7 Å². The molecule has 0 spiro atoms. The van der Waals surface area contributed by atoms with Gasteiger partial charge in [-0.2, -0.15) is 0 Å². The van der Waals surface area contributed by atoms with Crippen molar-refractivity contribution in [1.29, 1.82) is 0 Å². The van der Waals surface area contributed by atoms with Crippen molar-refractivity contribution < 1.29 is 40.7 Å². The zero-order valence-corrected chi connectivity index (χ0v) is 21.9. The van der Waals surface area contributed by atoms with E-state index in [1.807, 2.05) is 35.7 Å². The molecule has 9 heteroatoms. The smallest absolute Gasteiger partial charge is 0.408 e. The Labute approximate surface area is 216 Å². The molecule has 1 aromatic carbocycles. The summed E-state index contributed by atoms with van der Waals surface area (Å²) in [5.41, 5.74) is -0.0483. The van der Waals surface area contributed by atoms with Gasteiger partial charge in [-0.3, -0.25) is 4.79 Å². The number of nitrogens with zero attached hydrogens (tertiary/aromatic N) is 1. The number of benzene rings is 1. The third-order valence-electron chi connectivity index (χ3n) is 6.61. The Morgan fingerprint density at radius 1 is 1.09 bits per heavy atom. The molecule has 3 aliphatic rings. The molecule has 7 nitrogen and oxygen atoms in total. The molecule has 190 valence electrons. The van der Waals surface area contributed by atoms with Crippen LogP contribution in [0.25, 0.3) is 0 Å². The summed E-state index contributed by atoms with van der Waals surface area (Å²) in [5.74, 6) is -0.0773. The number of carbonyl (C=O) groups is 3. The number of piperidine rings is 3. The molecule has 2 atom stereocenters. The van der Waals surface area contributed by atoms with Gasteiger partial charge in [0.15, 0.2) is 12.1 Å². The van der Waals surface area contributed by atoms with Crippen LogP contribution in [0.2, 0.25) is 0 Å². The Morgan fingerprint density at radius 2 is 1.77 bits per heavy atom. The lowest BCUT2D eigenvalue weighted by Gasteiger charge is -2.51. The van der Waals surface area contributed by atoms with Gasteiger partial charge in [0.2, 0.25) is 5.78 Å². The summed E-state index contributed by atoms with van der Waals surface area (Å²) in [6.07, 6.45) is 0.895. The first-order valence-electron chi connectivity index (χ1n) is 11.8. The maximum absolute atomic E-state index is 13.3. The highest BCUT2D eigenvalue weighted by atomic mass is 35.5. The van der Waals surface area contributed by atoms with Crippen molar-refractivity contribution in [2.75, 3.05) is 26.2 Å². The van der Waals surface area contributed by atoms with Crippen LogP contribution in [-0.4, -0.2) is 60.2 Å². The summed E-state index contributed by atoms with van der Waals surface area (Å²) in [5, 5.41) is 4.61. The van der Waals surface area contributed by atoms with Crippen LogP contribution < -0.4 is 17.7 Å². The maximum atomic E-state index is 13.3. The molecule has 35 heavy (non-hydrogen) atoms. The van der Waals surface area contributed by atoms with E-state index in [2.05, 4.69) is 5.32 Å². The molecule has 1 unspecified atom stereocenters. The zero-order valence-electron chi connectivity index (χ0n) is 20.4. The van der Waals surface area contributed by atoms with Crippen molar-refractivity contribution >= 4 is 29.2 Å². The van der Waals surface area contributed by atoms with Crippen molar-refractivity contribution in [1.82, 2.24) is 5.32 Å². The van der Waals surface area contributed by atoms with Crippen molar-refractivity contribution in [3.05, 3.63) is 58.3 Å². The minimum absolute atomic E-state index is 0. The van der Waals surface area contributed by atoms with Gasteiger partial charge in [0.1, 0.15) is 18.7 Å². The molecule has 0 aliphatic carbocycles. The van der Waals surface area contributed by atoms with Gasteiger partial charge in [-0.05, 0) is 37.8 Å². The molecule has 3 fully saturated rings. The molecule has 2 aromatic rings. The highest BCUT2D eigenvalue weighted by molar-refractivity contribution is 7.12. The first kappa shape index (κ1) is 27.2. The van der Waals surface area contributed by atoms with E-state index in [1.165, 1.54) is 11.3 Å². The van der Waals surface area contributed by atoms with Crippen molar-refractivity contribution in [2.24, 2.45) is 5.92 Å². The second kappa shape index (κ2) is 11.1. The monoisotopic (exact) mass is 520 g/mol. The van der Waals surface area contributed by atoms with Gasteiger partial charge in [-0.1, -0.05) is 36.4 Å². The topological polar surface area (TPSA) is 81.7 Å². The summed E-state index contributed by atoms with van der Waals surface area (Å²) >= 11 is 1.47. The Morgan fingerprint density at radius 3 is 2.37 bits per heavy atom. The van der Waals surface area contributed by atoms with Crippen LogP contribution in [0, 0.1) is 5.92 Å². The van der Waals surface area contributed by atoms with E-state index in [4.69, 9.17) is 9.47 Å². The number of halogens is 1. The van der Waals surface area contributed by atoms with E-state index in [0.29, 0.717) is 23.1 Å². The van der Waals surface area contributed by atoms with Gasteiger partial charge in [0, 0.05) is 18.8 Å². The van der Waals surface area contributed by atoms with Gasteiger partial charge in [-0.15, -0.1) is 11.3 Å². The number of carbonyl (C=O) groups excluding carboxylic acids is 3. The van der Waals surface area contributed by atoms with Gasteiger partial charge in [0.05, 0.1) is 18.0 Å². The summed E-state index contributed by atoms with van der Waals surface area (Å²) < 4.78 is 12.1. The van der Waals surface area contributed by atoms with Gasteiger partial charge < -0.3 is 31.7 Å². The van der Waals surface area contributed by atoms with Crippen LogP contribution in [-0.2, 0) is 14.3 Å². The van der Waals surface area contributed by atoms with Crippen LogP contribution >= 0.6 is 11.3 Å². The lowest BCUT2D eigenvalue weighted by atomic mass is 9.83. The molecule has 1 amide bonds. The molecule has 3 aliphatic heterocycles. The fourth-order valence-electron chi connectivity index (χ4n) is 4.96. The minimum atomic E-state index is -0.965. The minimum Gasteiger partial charge on any atom is -1.00 e. The Hall–Kier alpha value is -2.42. The first-order chi connectivity index (χ1) is 16.1. The standard InChI is InChI=1S/C26H32N2O5S.ClH/c1-26(2,3)33-25(31)27-23(19-8-5-4-6-9-19)24(30)32-21-17-28(13-11-18(21)12-14-28)16-20(29)22-10-7-15-34-22;/h4-10,15,18,21,23H,11-14,16-17H2,1-3H3;1H/t18?,21-,23?,28?;/m0./s1. The highest BCUT2D eigenvalue weighted by Gasteiger charge is 2.49. The number of nitrogens with one attached hydrogen (secondary N) is 1. The number of fused-ring (bicyclic) bond motifs is 3. The molecule has 1 N–H and O–H groups in total. The Kier molecular flexibility index (Phi) is 8.62. The van der Waals surface area contributed by atoms with E-state index in [9.17, 15) is 14.4 Å². The molecule has 0 radical (unpaired) electrons. The molecular formula is C26H33ClN2O5S. The summed E-state index contributed by atoms with van der Waals surface area (Å²) in [7, 11) is 0. The van der Waals surface area contributed by atoms with Gasteiger partial charge in [-0.25, -0.2) is 9.59 Å². The van der Waals surface area contributed by atoms with Crippen molar-refractivity contribution in [3.8, 4) is 0 Å². The molecule has 5 rings (SSSR count). The number of Topliss-reactive ketones (excluding diaryl/α,β-unsaturated/α-hetero) is 1. The van der Waals surface area contributed by atoms with E-state index in [0.717, 1.165) is 30.8 Å². The maximum Gasteiger partial charge on any atom is 0.408 e. The van der Waals surface area contributed by atoms with Crippen LogP contribution in [0.1, 0.15) is 54.9 Å². The SMILES string of the molecule is CC(C)(C)OC(=O)NC(C(=O)O[C@H]1C[N+]2(CC(=O)c3cccs3)CCC1CC2)c1ccccc1.[Cl-]. The fourth-order valence-corrected chi connectivity index (χ4v) is 5.62. The second-order valence-electron chi connectivity index (χ2n) is 10.3. The van der Waals surface area contributed by atoms with E-state index in [1.54, 1.807) is 32.9 Å². The quantitative estimate of drug-likeness (QED) is 0.339. The normalized spacial score (nSPS) is 24.1. The molecule has 2 bridgehead atoms. The number of thiophene rings is 1. The summed E-state index contributed by atoms with van der Waals surface area (Å²) in [6, 6.07) is 11.9. The van der Waals surface area contributed by atoms with Crippen LogP contribution in [0.3, 0.4) is 0 Å². The zero-order chi connectivity index (χ0) is 24.3. The first-order valence-corrected chi connectivity index (χ1v) is 12.7. The Bertz CT molecular complexity index is 1010. The lowest BCUT2D eigenvalue weighted by molar-refractivity contribution is -0.938. The number of hydrogen-bond donors (Lipinski definition) is 1. The number of quaternary nitrogens is 1. The largest absolute Gasteiger partial charge is 1.00 e. The molecule has 4 heterocycles. The number of rotatable bonds is 7. The number of ketones is 1. The molecule has 0 saturated carbocycles. The van der Waals surface area contributed by atoms with Gasteiger partial charge in [0.25, 0.3) is 0 Å². The predicted molar refractivity (Wildman–Crippen MR) is 130 cm³/mol. The fraction of sp³-hybridized carbons (Fsp3) is 0.500. The van der Waals surface area contributed by atoms with E-state index in [-0.39, 0.29) is 30.2 Å². The average molecular weight is 521 g/mol. The third-order valence-corrected chi connectivity index (χ3v) is 7.52. The summed E-state index contributed by atoms with van der Waals surface area (Å²) in [6.45, 7) is 8.23. The molecular weight excluding hydrogens is 488 g/mol. The van der Waals surface area contributed by atoms with Crippen molar-refractivity contribution in [2.45, 2.75) is 51.4 Å². The van der Waals surface area contributed by atoms with Crippen LogP contribution in [0.15, 0.2) is 47.8 Å². The number of amides is 1. The highest BCUT2D eigenvalue weighted by Crippen LogP contribution is 2.36. The van der Waals surface area contributed by atoms with E-state index >= 15 is 0 Å². The average Bonchev–Trinajstić information content (AvgIpc) is 3.33. The third kappa shape index (κ3) is 6.84. The number of ether oxygens (including phenoxy) is 2. The second-order valence-corrected chi connectivity index (χ2v) is 11.3. The predicted octanol–water partition coefficient (Wildman–Crippen LogP) is 1.35. The lowest BCUT2D eigenvalue weighted by Crippen LogP contribution is -3.00. The summed E-state index contributed by atoms with van der Waals surface area (Å²) in [4.78, 5) is 39.4.